The lowest BCUT2D eigenvalue weighted by atomic mass is 10.1. The Morgan fingerprint density at radius 1 is 1.15 bits per heavy atom. The second-order valence-corrected chi connectivity index (χ2v) is 8.62. The van der Waals surface area contributed by atoms with Crippen LogP contribution in [0.15, 0.2) is 56.8 Å². The topological polar surface area (TPSA) is 128 Å². The van der Waals surface area contributed by atoms with Crippen molar-refractivity contribution in [2.45, 2.75) is 0 Å². The van der Waals surface area contributed by atoms with Crippen LogP contribution < -0.4 is 5.43 Å². The lowest BCUT2D eigenvalue weighted by molar-refractivity contribution is -0.384. The van der Waals surface area contributed by atoms with Crippen molar-refractivity contribution in [3.63, 3.8) is 0 Å². The maximum atomic E-state index is 12.8. The molecule has 1 aliphatic rings. The largest absolute Gasteiger partial charge is 0.462 e. The Bertz CT molecular complexity index is 1450. The second kappa shape index (κ2) is 8.81. The fourth-order valence-corrected chi connectivity index (χ4v) is 4.43. The number of halogens is 2. The summed E-state index contributed by atoms with van der Waals surface area (Å²) in [7, 11) is 0. The average Bonchev–Trinajstić information content (AvgIpc) is 3.03. The standard InChI is InChI=1S/C21H10Cl2N2O7S/c22-12-6-14-18(27)11(9-32-19(14)15(23)7-12)5-17-20(28)24(21(29)33-17)8-16(26)10-1-3-13(4-2-10)25(30)31/h1-7,9H,8H2/b17-5-. The van der Waals surface area contributed by atoms with Crippen molar-refractivity contribution in [3.05, 3.63) is 89.1 Å². The number of benzene rings is 2. The van der Waals surface area contributed by atoms with E-state index in [1.165, 1.54) is 30.3 Å². The molecule has 0 N–H and O–H groups in total. The summed E-state index contributed by atoms with van der Waals surface area (Å²) in [5.41, 5.74) is -0.475. The minimum atomic E-state index is -0.760. The lowest BCUT2D eigenvalue weighted by Gasteiger charge is -2.11. The van der Waals surface area contributed by atoms with E-state index >= 15 is 0 Å². The molecule has 12 heteroatoms. The number of carbonyl (C=O) groups is 3. The first-order valence-electron chi connectivity index (χ1n) is 9.09. The summed E-state index contributed by atoms with van der Waals surface area (Å²) in [6.07, 6.45) is 2.31. The van der Waals surface area contributed by atoms with E-state index in [1.54, 1.807) is 0 Å². The number of hydrogen-bond acceptors (Lipinski definition) is 8. The molecule has 0 bridgehead atoms. The third-order valence-electron chi connectivity index (χ3n) is 4.68. The highest BCUT2D eigenvalue weighted by Crippen LogP contribution is 2.33. The number of amides is 2. The zero-order valence-electron chi connectivity index (χ0n) is 16.2. The van der Waals surface area contributed by atoms with Gasteiger partial charge in [-0.25, -0.2) is 0 Å². The van der Waals surface area contributed by atoms with Crippen LogP contribution in [-0.2, 0) is 4.79 Å². The molecule has 0 saturated carbocycles. The summed E-state index contributed by atoms with van der Waals surface area (Å²) in [6.45, 7) is -0.558. The molecule has 3 aromatic rings. The summed E-state index contributed by atoms with van der Waals surface area (Å²) in [5, 5.41) is 10.5. The highest BCUT2D eigenvalue weighted by atomic mass is 35.5. The smallest absolute Gasteiger partial charge is 0.293 e. The van der Waals surface area contributed by atoms with Gasteiger partial charge in [-0.05, 0) is 42.1 Å². The van der Waals surface area contributed by atoms with Crippen molar-refractivity contribution in [2.24, 2.45) is 0 Å². The number of non-ortho nitro benzene ring substituents is 1. The number of nitro groups is 1. The molecule has 2 aromatic carbocycles. The van der Waals surface area contributed by atoms with Gasteiger partial charge in [0.05, 0.1) is 32.3 Å². The van der Waals surface area contributed by atoms with E-state index in [0.717, 1.165) is 23.3 Å². The molecule has 2 heterocycles. The van der Waals surface area contributed by atoms with Gasteiger partial charge in [-0.3, -0.25) is 34.2 Å². The highest BCUT2D eigenvalue weighted by molar-refractivity contribution is 8.18. The van der Waals surface area contributed by atoms with Crippen LogP contribution in [0.1, 0.15) is 15.9 Å². The number of fused-ring (bicyclic) bond motifs is 1. The summed E-state index contributed by atoms with van der Waals surface area (Å²) in [5.74, 6) is -1.34. The zero-order chi connectivity index (χ0) is 23.9. The number of carbonyl (C=O) groups excluding carboxylic acids is 3. The number of nitrogens with zero attached hydrogens (tertiary/aromatic N) is 2. The molecule has 0 aliphatic carbocycles. The number of nitro benzene ring substituents is 1. The van der Waals surface area contributed by atoms with E-state index in [0.29, 0.717) is 11.8 Å². The molecule has 1 aliphatic heterocycles. The van der Waals surface area contributed by atoms with Crippen LogP contribution in [0.2, 0.25) is 10.0 Å². The molecule has 1 fully saturated rings. The monoisotopic (exact) mass is 504 g/mol. The number of imide groups is 1. The highest BCUT2D eigenvalue weighted by Gasteiger charge is 2.36. The van der Waals surface area contributed by atoms with Crippen molar-refractivity contribution < 1.29 is 23.7 Å². The van der Waals surface area contributed by atoms with Crippen molar-refractivity contribution in [3.8, 4) is 0 Å². The van der Waals surface area contributed by atoms with Gasteiger partial charge in [0.25, 0.3) is 16.8 Å². The maximum Gasteiger partial charge on any atom is 0.293 e. The Hall–Kier alpha value is -3.47. The van der Waals surface area contributed by atoms with Crippen LogP contribution in [-0.4, -0.2) is 33.3 Å². The molecule has 1 aromatic heterocycles. The van der Waals surface area contributed by atoms with E-state index in [-0.39, 0.29) is 42.7 Å². The van der Waals surface area contributed by atoms with Gasteiger partial charge in [0, 0.05) is 22.7 Å². The number of Topliss-reactive ketones (excluding diaryl/α,β-unsaturated/α-hetero) is 1. The van der Waals surface area contributed by atoms with E-state index in [4.69, 9.17) is 27.6 Å². The van der Waals surface area contributed by atoms with Gasteiger partial charge in [-0.1, -0.05) is 23.2 Å². The Morgan fingerprint density at radius 2 is 1.85 bits per heavy atom. The van der Waals surface area contributed by atoms with Crippen molar-refractivity contribution in [2.75, 3.05) is 6.54 Å². The molecule has 4 rings (SSSR count). The summed E-state index contributed by atoms with van der Waals surface area (Å²) >= 11 is 12.5. The van der Waals surface area contributed by atoms with Crippen LogP contribution in [0.5, 0.6) is 0 Å². The maximum absolute atomic E-state index is 12.8. The number of thioether (sulfide) groups is 1. The molecule has 0 atom stereocenters. The van der Waals surface area contributed by atoms with E-state index in [1.807, 2.05) is 0 Å². The average molecular weight is 505 g/mol. The third kappa shape index (κ3) is 4.40. The van der Waals surface area contributed by atoms with Gasteiger partial charge in [-0.2, -0.15) is 0 Å². The second-order valence-electron chi connectivity index (χ2n) is 6.78. The number of hydrogen-bond donors (Lipinski definition) is 0. The van der Waals surface area contributed by atoms with Crippen LogP contribution in [0.25, 0.3) is 17.0 Å². The van der Waals surface area contributed by atoms with E-state index in [9.17, 15) is 29.3 Å². The van der Waals surface area contributed by atoms with Gasteiger partial charge in [0.1, 0.15) is 6.26 Å². The first-order valence-corrected chi connectivity index (χ1v) is 10.7. The summed E-state index contributed by atoms with van der Waals surface area (Å²) in [6, 6.07) is 7.58. The van der Waals surface area contributed by atoms with Gasteiger partial charge in [0.2, 0.25) is 0 Å². The first-order chi connectivity index (χ1) is 15.7. The van der Waals surface area contributed by atoms with Crippen molar-refractivity contribution in [1.82, 2.24) is 4.90 Å². The Balaban J connectivity index is 1.59. The van der Waals surface area contributed by atoms with Crippen LogP contribution >= 0.6 is 35.0 Å². The Labute approximate surface area is 198 Å². The van der Waals surface area contributed by atoms with Crippen LogP contribution in [0, 0.1) is 10.1 Å². The SMILES string of the molecule is O=C(CN1C(=O)S/C(=C\c2coc3c(Cl)cc(Cl)cc3c2=O)C1=O)c1ccc([N+](=O)[O-])cc1. The van der Waals surface area contributed by atoms with Crippen LogP contribution in [0.3, 0.4) is 0 Å². The number of rotatable bonds is 5. The summed E-state index contributed by atoms with van der Waals surface area (Å²) < 4.78 is 5.40. The molecular weight excluding hydrogens is 495 g/mol. The minimum absolute atomic E-state index is 0.00645. The molecule has 9 nitrogen and oxygen atoms in total. The predicted molar refractivity (Wildman–Crippen MR) is 123 cm³/mol. The molecule has 0 unspecified atom stereocenters. The molecule has 0 radical (unpaired) electrons. The van der Waals surface area contributed by atoms with Crippen LogP contribution in [0.4, 0.5) is 10.5 Å². The van der Waals surface area contributed by atoms with Gasteiger partial charge in [-0.15, -0.1) is 0 Å². The predicted octanol–water partition coefficient (Wildman–Crippen LogP) is 4.93. The lowest BCUT2D eigenvalue weighted by Crippen LogP contribution is -2.33. The molecule has 2 amide bonds. The van der Waals surface area contributed by atoms with Crippen molar-refractivity contribution >= 4 is 74.6 Å². The fourth-order valence-electron chi connectivity index (χ4n) is 3.06. The van der Waals surface area contributed by atoms with E-state index in [2.05, 4.69) is 0 Å². The molecular formula is C21H10Cl2N2O7S. The van der Waals surface area contributed by atoms with Gasteiger partial charge >= 0.3 is 0 Å². The molecule has 0 spiro atoms. The summed E-state index contributed by atoms with van der Waals surface area (Å²) in [4.78, 5) is 61.1. The minimum Gasteiger partial charge on any atom is -0.462 e. The zero-order valence-corrected chi connectivity index (χ0v) is 18.6. The fraction of sp³-hybridized carbons (Fsp3) is 0.0476. The van der Waals surface area contributed by atoms with Gasteiger partial charge < -0.3 is 4.42 Å². The van der Waals surface area contributed by atoms with Gasteiger partial charge in [0.15, 0.2) is 16.8 Å². The Morgan fingerprint density at radius 3 is 2.52 bits per heavy atom. The normalized spacial score (nSPS) is 15.0. The molecule has 166 valence electrons. The van der Waals surface area contributed by atoms with E-state index < -0.39 is 33.8 Å². The third-order valence-corrected chi connectivity index (χ3v) is 6.09. The molecule has 1 saturated heterocycles. The van der Waals surface area contributed by atoms with Crippen molar-refractivity contribution in [1.29, 1.82) is 0 Å². The first kappa shape index (κ1) is 22.7. The quantitative estimate of drug-likeness (QED) is 0.207. The molecule has 33 heavy (non-hydrogen) atoms. The Kier molecular flexibility index (Phi) is 6.07. The number of ketones is 1.